The summed E-state index contributed by atoms with van der Waals surface area (Å²) in [5.41, 5.74) is 5.22. The number of hydrogen-bond acceptors (Lipinski definition) is 5. The van der Waals surface area contributed by atoms with E-state index < -0.39 is 29.9 Å². The molecule has 0 heterocycles. The third-order valence-corrected chi connectivity index (χ3v) is 2.78. The molecule has 0 aliphatic heterocycles. The second kappa shape index (κ2) is 8.54. The zero-order valence-corrected chi connectivity index (χ0v) is 10.5. The Morgan fingerprint density at radius 1 is 1.33 bits per heavy atom. The first-order valence-corrected chi connectivity index (χ1v) is 6.16. The fourth-order valence-electron chi connectivity index (χ4n) is 1.02. The minimum Gasteiger partial charge on any atom is -0.480 e. The van der Waals surface area contributed by atoms with E-state index in [0.717, 1.165) is 0 Å². The molecule has 0 saturated carbocycles. The highest BCUT2D eigenvalue weighted by atomic mass is 32.2. The molecule has 7 nitrogen and oxygen atoms in total. The van der Waals surface area contributed by atoms with Crippen molar-refractivity contribution in [3.05, 3.63) is 12.0 Å². The number of nitrogens with one attached hydrogen (secondary N) is 1. The van der Waals surface area contributed by atoms with Crippen LogP contribution in [0, 0.1) is 0 Å². The van der Waals surface area contributed by atoms with Gasteiger partial charge in [-0.3, -0.25) is 9.59 Å². The predicted octanol–water partition coefficient (Wildman–Crippen LogP) is -0.375. The van der Waals surface area contributed by atoms with E-state index in [4.69, 9.17) is 15.9 Å². The Balaban J connectivity index is 4.13. The van der Waals surface area contributed by atoms with Crippen LogP contribution in [0.25, 0.3) is 0 Å². The van der Waals surface area contributed by atoms with Crippen molar-refractivity contribution < 1.29 is 24.6 Å². The van der Waals surface area contributed by atoms with Gasteiger partial charge in [0.15, 0.2) is 0 Å². The van der Waals surface area contributed by atoms with Crippen LogP contribution < -0.4 is 11.1 Å². The van der Waals surface area contributed by atoms with Gasteiger partial charge in [0.1, 0.15) is 12.1 Å². The van der Waals surface area contributed by atoms with E-state index in [0.29, 0.717) is 0 Å². The van der Waals surface area contributed by atoms with Crippen LogP contribution in [0.1, 0.15) is 12.8 Å². The van der Waals surface area contributed by atoms with Crippen LogP contribution in [-0.4, -0.2) is 45.9 Å². The fourth-order valence-corrected chi connectivity index (χ4v) is 1.57. The summed E-state index contributed by atoms with van der Waals surface area (Å²) < 4.78 is 0. The van der Waals surface area contributed by atoms with Crippen LogP contribution in [0.2, 0.25) is 0 Å². The number of amides is 1. The summed E-state index contributed by atoms with van der Waals surface area (Å²) in [7, 11) is 0. The summed E-state index contributed by atoms with van der Waals surface area (Å²) in [5.74, 6) is -2.72. The van der Waals surface area contributed by atoms with Crippen molar-refractivity contribution >= 4 is 29.6 Å². The Morgan fingerprint density at radius 3 is 2.39 bits per heavy atom. The lowest BCUT2D eigenvalue weighted by molar-refractivity contribution is -0.141. The van der Waals surface area contributed by atoms with Crippen LogP contribution >= 0.6 is 11.8 Å². The number of thioether (sulfide) groups is 1. The van der Waals surface area contributed by atoms with Crippen molar-refractivity contribution in [2.75, 3.05) is 5.75 Å². The largest absolute Gasteiger partial charge is 0.480 e. The number of carboxylic acid groups (broad SMARTS) is 2. The van der Waals surface area contributed by atoms with Gasteiger partial charge in [-0.1, -0.05) is 6.58 Å². The fraction of sp³-hybridized carbons (Fsp3) is 0.500. The molecule has 18 heavy (non-hydrogen) atoms. The topological polar surface area (TPSA) is 130 Å². The second-order valence-corrected chi connectivity index (χ2v) is 4.44. The van der Waals surface area contributed by atoms with Crippen LogP contribution in [0.5, 0.6) is 0 Å². The third-order valence-electron chi connectivity index (χ3n) is 2.01. The molecule has 0 aliphatic rings. The molecule has 0 unspecified atom stereocenters. The summed E-state index contributed by atoms with van der Waals surface area (Å²) in [5, 5.41) is 21.1. The van der Waals surface area contributed by atoms with Gasteiger partial charge in [-0.05, 0) is 11.8 Å². The van der Waals surface area contributed by atoms with E-state index in [1.165, 1.54) is 17.2 Å². The monoisotopic (exact) mass is 276 g/mol. The number of carbonyl (C=O) groups excluding carboxylic acids is 1. The maximum Gasteiger partial charge on any atom is 0.327 e. The first kappa shape index (κ1) is 16.5. The molecule has 5 N–H and O–H groups in total. The van der Waals surface area contributed by atoms with Gasteiger partial charge in [-0.25, -0.2) is 4.79 Å². The maximum atomic E-state index is 11.4. The van der Waals surface area contributed by atoms with Crippen molar-refractivity contribution in [2.24, 2.45) is 5.73 Å². The molecule has 0 spiro atoms. The standard InChI is InChI=1S/C10H16N2O5S/c1-2-18-5-7(10(16)17)12-8(13)4-3-6(11)9(14)15/h2,6-7H,1,3-5,11H2,(H,12,13)(H,14,15)(H,16,17)/t6-,7+/m0/s1. The lowest BCUT2D eigenvalue weighted by atomic mass is 10.1. The molecule has 0 aromatic heterocycles. The summed E-state index contributed by atoms with van der Waals surface area (Å²) in [6.07, 6.45) is -0.169. The molecule has 0 rings (SSSR count). The highest BCUT2D eigenvalue weighted by molar-refractivity contribution is 8.02. The van der Waals surface area contributed by atoms with Crippen molar-refractivity contribution in [3.8, 4) is 0 Å². The second-order valence-electron chi connectivity index (χ2n) is 3.44. The van der Waals surface area contributed by atoms with E-state index in [-0.39, 0.29) is 18.6 Å². The van der Waals surface area contributed by atoms with Crippen LogP contribution in [-0.2, 0) is 14.4 Å². The van der Waals surface area contributed by atoms with E-state index in [1.54, 1.807) is 0 Å². The Kier molecular flexibility index (Phi) is 7.81. The van der Waals surface area contributed by atoms with E-state index in [9.17, 15) is 14.4 Å². The molecular weight excluding hydrogens is 260 g/mol. The Bertz CT molecular complexity index is 334. The Labute approximate surface area is 108 Å². The van der Waals surface area contributed by atoms with Crippen molar-refractivity contribution in [1.82, 2.24) is 5.32 Å². The number of aliphatic carboxylic acids is 2. The van der Waals surface area contributed by atoms with Gasteiger partial charge >= 0.3 is 11.9 Å². The van der Waals surface area contributed by atoms with Gasteiger partial charge in [-0.15, -0.1) is 11.8 Å². The average molecular weight is 276 g/mol. The van der Waals surface area contributed by atoms with Crippen LogP contribution in [0.4, 0.5) is 0 Å². The lowest BCUT2D eigenvalue weighted by Gasteiger charge is -2.13. The maximum absolute atomic E-state index is 11.4. The third kappa shape index (κ3) is 6.92. The van der Waals surface area contributed by atoms with Gasteiger partial charge in [-0.2, -0.15) is 0 Å². The quantitative estimate of drug-likeness (QED) is 0.452. The van der Waals surface area contributed by atoms with Crippen molar-refractivity contribution in [1.29, 1.82) is 0 Å². The normalized spacial score (nSPS) is 13.4. The smallest absolute Gasteiger partial charge is 0.327 e. The highest BCUT2D eigenvalue weighted by Gasteiger charge is 2.20. The van der Waals surface area contributed by atoms with E-state index >= 15 is 0 Å². The summed E-state index contributed by atoms with van der Waals surface area (Å²) in [6, 6.07) is -2.15. The Hall–Kier alpha value is -1.54. The molecule has 0 aliphatic carbocycles. The predicted molar refractivity (Wildman–Crippen MR) is 67.1 cm³/mol. The minimum absolute atomic E-state index is 0.0396. The van der Waals surface area contributed by atoms with Crippen LogP contribution in [0.15, 0.2) is 12.0 Å². The lowest BCUT2D eigenvalue weighted by Crippen LogP contribution is -2.43. The summed E-state index contributed by atoms with van der Waals surface area (Å²) in [4.78, 5) is 32.6. The molecule has 102 valence electrons. The number of rotatable bonds is 9. The zero-order valence-electron chi connectivity index (χ0n) is 9.67. The van der Waals surface area contributed by atoms with E-state index in [1.807, 2.05) is 0 Å². The number of carboxylic acids is 2. The number of hydrogen-bond donors (Lipinski definition) is 4. The molecule has 0 aromatic rings. The first-order valence-electron chi connectivity index (χ1n) is 5.11. The number of nitrogens with two attached hydrogens (primary N) is 1. The average Bonchev–Trinajstić information content (AvgIpc) is 2.30. The highest BCUT2D eigenvalue weighted by Crippen LogP contribution is 2.04. The Morgan fingerprint density at radius 2 is 1.94 bits per heavy atom. The SMILES string of the molecule is C=CSC[C@@H](NC(=O)CC[C@H](N)C(=O)O)C(=O)O. The van der Waals surface area contributed by atoms with Gasteiger partial charge in [0.2, 0.25) is 5.91 Å². The molecule has 1 amide bonds. The minimum atomic E-state index is -1.19. The molecule has 0 radical (unpaired) electrons. The van der Waals surface area contributed by atoms with Gasteiger partial charge < -0.3 is 21.3 Å². The van der Waals surface area contributed by atoms with Gasteiger partial charge in [0.25, 0.3) is 0 Å². The molecule has 0 saturated heterocycles. The van der Waals surface area contributed by atoms with Crippen molar-refractivity contribution in [2.45, 2.75) is 24.9 Å². The zero-order chi connectivity index (χ0) is 14.1. The van der Waals surface area contributed by atoms with E-state index in [2.05, 4.69) is 11.9 Å². The summed E-state index contributed by atoms with van der Waals surface area (Å²) in [6.45, 7) is 3.43. The molecule has 0 bridgehead atoms. The van der Waals surface area contributed by atoms with Gasteiger partial charge in [0, 0.05) is 12.2 Å². The molecule has 0 fully saturated rings. The molecule has 2 atom stereocenters. The molecular formula is C10H16N2O5S. The molecule has 8 heteroatoms. The number of carbonyl (C=O) groups is 3. The molecule has 0 aromatic carbocycles. The van der Waals surface area contributed by atoms with Gasteiger partial charge in [0.05, 0.1) is 0 Å². The van der Waals surface area contributed by atoms with Crippen molar-refractivity contribution in [3.63, 3.8) is 0 Å². The van der Waals surface area contributed by atoms with Crippen LogP contribution in [0.3, 0.4) is 0 Å². The summed E-state index contributed by atoms with van der Waals surface area (Å²) >= 11 is 1.17. The first-order chi connectivity index (χ1) is 8.38.